The van der Waals surface area contributed by atoms with Crippen LogP contribution in [0.25, 0.3) is 0 Å². The first-order valence-corrected chi connectivity index (χ1v) is 15.4. The minimum absolute atomic E-state index is 0.369. The van der Waals surface area contributed by atoms with Crippen molar-refractivity contribution in [2.24, 2.45) is 11.8 Å². The molecule has 2 aromatic carbocycles. The first-order valence-electron chi connectivity index (χ1n) is 15.4. The lowest BCUT2D eigenvalue weighted by Crippen LogP contribution is -2.20. The Morgan fingerprint density at radius 1 is 0.632 bits per heavy atom. The third kappa shape index (κ3) is 11.1. The molecule has 4 heteroatoms. The van der Waals surface area contributed by atoms with E-state index in [2.05, 4.69) is 13.8 Å². The molecule has 2 aromatic rings. The second-order valence-corrected chi connectivity index (χ2v) is 10.9. The van der Waals surface area contributed by atoms with Crippen LogP contribution in [-0.2, 0) is 0 Å². The number of rotatable bonds is 18. The van der Waals surface area contributed by atoms with Crippen molar-refractivity contribution in [3.63, 3.8) is 0 Å². The molecular weight excluding hydrogens is 472 g/mol. The summed E-state index contributed by atoms with van der Waals surface area (Å²) in [5.74, 6) is 3.55. The Morgan fingerprint density at radius 3 is 1.79 bits per heavy atom. The molecule has 0 spiro atoms. The highest BCUT2D eigenvalue weighted by atomic mass is 16.5. The Hall–Kier alpha value is -2.49. The standard InChI is InChI=1S/C34H50O4/c1-3-5-6-7-8-9-12-26-36-31-20-18-30(19-21-31)34(35)38-33-24-22-32(23-25-33)37-27-13-17-29-16-11-10-15-28(29)14-4-2/h18-25,28-29H,3-17,26-27H2,1-2H3. The minimum Gasteiger partial charge on any atom is -0.494 e. The Labute approximate surface area is 231 Å². The molecule has 0 heterocycles. The average molecular weight is 523 g/mol. The molecular formula is C34H50O4. The SMILES string of the molecule is CCCCCCCCCOc1ccc(C(=O)Oc2ccc(OCCCC3CCCCC3CCC)cc2)cc1. The summed E-state index contributed by atoms with van der Waals surface area (Å²) in [6.45, 7) is 6.00. The summed E-state index contributed by atoms with van der Waals surface area (Å²) in [6.07, 6.45) is 19.5. The van der Waals surface area contributed by atoms with E-state index in [0.29, 0.717) is 17.9 Å². The van der Waals surface area contributed by atoms with Gasteiger partial charge in [-0.15, -0.1) is 0 Å². The Kier molecular flexibility index (Phi) is 14.2. The Bertz CT molecular complexity index is 888. The molecule has 0 aliphatic heterocycles. The zero-order valence-electron chi connectivity index (χ0n) is 23.9. The van der Waals surface area contributed by atoms with Crippen molar-refractivity contribution in [2.45, 2.75) is 110 Å². The van der Waals surface area contributed by atoms with Gasteiger partial charge in [0, 0.05) is 0 Å². The molecule has 1 saturated carbocycles. The van der Waals surface area contributed by atoms with Crippen molar-refractivity contribution in [1.82, 2.24) is 0 Å². The molecule has 1 aliphatic rings. The van der Waals surface area contributed by atoms with Crippen molar-refractivity contribution in [3.8, 4) is 17.2 Å². The number of benzene rings is 2. The lowest BCUT2D eigenvalue weighted by Gasteiger charge is -2.31. The third-order valence-corrected chi connectivity index (χ3v) is 7.85. The fraction of sp³-hybridized carbons (Fsp3) is 0.618. The number of hydrogen-bond donors (Lipinski definition) is 0. The summed E-state index contributed by atoms with van der Waals surface area (Å²) in [5, 5.41) is 0. The van der Waals surface area contributed by atoms with Gasteiger partial charge >= 0.3 is 5.97 Å². The van der Waals surface area contributed by atoms with E-state index in [9.17, 15) is 4.79 Å². The smallest absolute Gasteiger partial charge is 0.343 e. The van der Waals surface area contributed by atoms with E-state index >= 15 is 0 Å². The number of unbranched alkanes of at least 4 members (excludes halogenated alkanes) is 6. The summed E-state index contributed by atoms with van der Waals surface area (Å²) in [5.41, 5.74) is 0.512. The van der Waals surface area contributed by atoms with E-state index < -0.39 is 0 Å². The molecule has 4 nitrogen and oxygen atoms in total. The van der Waals surface area contributed by atoms with Crippen LogP contribution in [0.4, 0.5) is 0 Å². The maximum Gasteiger partial charge on any atom is 0.343 e. The van der Waals surface area contributed by atoms with Crippen LogP contribution in [0.5, 0.6) is 17.2 Å². The molecule has 210 valence electrons. The van der Waals surface area contributed by atoms with Gasteiger partial charge in [0.1, 0.15) is 17.2 Å². The molecule has 0 amide bonds. The van der Waals surface area contributed by atoms with E-state index in [1.807, 2.05) is 24.3 Å². The van der Waals surface area contributed by atoms with E-state index in [4.69, 9.17) is 14.2 Å². The van der Waals surface area contributed by atoms with Crippen LogP contribution in [0.1, 0.15) is 121 Å². The Balaban J connectivity index is 1.32. The van der Waals surface area contributed by atoms with E-state index in [1.54, 1.807) is 24.3 Å². The predicted molar refractivity (Wildman–Crippen MR) is 156 cm³/mol. The molecule has 0 radical (unpaired) electrons. The van der Waals surface area contributed by atoms with Gasteiger partial charge in [-0.2, -0.15) is 0 Å². The van der Waals surface area contributed by atoms with Crippen LogP contribution in [0, 0.1) is 11.8 Å². The van der Waals surface area contributed by atoms with Gasteiger partial charge in [-0.1, -0.05) is 90.9 Å². The highest BCUT2D eigenvalue weighted by Crippen LogP contribution is 2.36. The van der Waals surface area contributed by atoms with Gasteiger partial charge in [-0.3, -0.25) is 0 Å². The topological polar surface area (TPSA) is 44.8 Å². The second kappa shape index (κ2) is 17.9. The monoisotopic (exact) mass is 522 g/mol. The first kappa shape index (κ1) is 30.1. The summed E-state index contributed by atoms with van der Waals surface area (Å²) in [4.78, 5) is 12.6. The van der Waals surface area contributed by atoms with Gasteiger partial charge in [-0.05, 0) is 79.6 Å². The third-order valence-electron chi connectivity index (χ3n) is 7.85. The zero-order valence-corrected chi connectivity index (χ0v) is 23.9. The molecule has 0 saturated heterocycles. The molecule has 1 fully saturated rings. The molecule has 38 heavy (non-hydrogen) atoms. The van der Waals surface area contributed by atoms with Crippen molar-refractivity contribution in [1.29, 1.82) is 0 Å². The van der Waals surface area contributed by atoms with Gasteiger partial charge in [0.2, 0.25) is 0 Å². The van der Waals surface area contributed by atoms with Gasteiger partial charge in [-0.25, -0.2) is 4.79 Å². The summed E-state index contributed by atoms with van der Waals surface area (Å²) < 4.78 is 17.3. The lowest BCUT2D eigenvalue weighted by molar-refractivity contribution is 0.0734. The minimum atomic E-state index is -0.369. The van der Waals surface area contributed by atoms with Gasteiger partial charge < -0.3 is 14.2 Å². The number of carbonyl (C=O) groups excluding carboxylic acids is 1. The quantitative estimate of drug-likeness (QED) is 0.111. The number of esters is 1. The number of hydrogen-bond acceptors (Lipinski definition) is 4. The molecule has 0 bridgehead atoms. The van der Waals surface area contributed by atoms with E-state index in [1.165, 1.54) is 83.5 Å². The van der Waals surface area contributed by atoms with Crippen LogP contribution in [0.2, 0.25) is 0 Å². The fourth-order valence-electron chi connectivity index (χ4n) is 5.66. The van der Waals surface area contributed by atoms with Crippen molar-refractivity contribution in [2.75, 3.05) is 13.2 Å². The molecule has 0 N–H and O–H groups in total. The normalized spacial score (nSPS) is 17.2. The highest BCUT2D eigenvalue weighted by Gasteiger charge is 2.23. The largest absolute Gasteiger partial charge is 0.494 e. The summed E-state index contributed by atoms with van der Waals surface area (Å²) in [7, 11) is 0. The van der Waals surface area contributed by atoms with Crippen LogP contribution in [0.3, 0.4) is 0 Å². The first-order chi connectivity index (χ1) is 18.7. The number of ether oxygens (including phenoxy) is 3. The maximum absolute atomic E-state index is 12.6. The average Bonchev–Trinajstić information content (AvgIpc) is 2.94. The summed E-state index contributed by atoms with van der Waals surface area (Å²) in [6, 6.07) is 14.6. The second-order valence-electron chi connectivity index (χ2n) is 10.9. The van der Waals surface area contributed by atoms with Crippen molar-refractivity contribution in [3.05, 3.63) is 54.1 Å². The van der Waals surface area contributed by atoms with E-state index in [0.717, 1.165) is 42.8 Å². The van der Waals surface area contributed by atoms with Crippen LogP contribution >= 0.6 is 0 Å². The lowest BCUT2D eigenvalue weighted by atomic mass is 9.75. The highest BCUT2D eigenvalue weighted by molar-refractivity contribution is 5.91. The van der Waals surface area contributed by atoms with E-state index in [-0.39, 0.29) is 5.97 Å². The van der Waals surface area contributed by atoms with Gasteiger partial charge in [0.25, 0.3) is 0 Å². The Morgan fingerprint density at radius 2 is 1.16 bits per heavy atom. The molecule has 2 unspecified atom stereocenters. The summed E-state index contributed by atoms with van der Waals surface area (Å²) >= 11 is 0. The molecule has 2 atom stereocenters. The van der Waals surface area contributed by atoms with Gasteiger partial charge in [0.15, 0.2) is 0 Å². The molecule has 3 rings (SSSR count). The molecule has 0 aromatic heterocycles. The van der Waals surface area contributed by atoms with Crippen LogP contribution < -0.4 is 14.2 Å². The zero-order chi connectivity index (χ0) is 26.8. The maximum atomic E-state index is 12.6. The predicted octanol–water partition coefficient (Wildman–Crippen LogP) is 9.80. The number of carbonyl (C=O) groups is 1. The van der Waals surface area contributed by atoms with Gasteiger partial charge in [0.05, 0.1) is 18.8 Å². The molecule has 1 aliphatic carbocycles. The van der Waals surface area contributed by atoms with Crippen molar-refractivity contribution >= 4 is 5.97 Å². The van der Waals surface area contributed by atoms with Crippen LogP contribution in [0.15, 0.2) is 48.5 Å². The fourth-order valence-corrected chi connectivity index (χ4v) is 5.66. The van der Waals surface area contributed by atoms with Crippen LogP contribution in [-0.4, -0.2) is 19.2 Å². The van der Waals surface area contributed by atoms with Crippen molar-refractivity contribution < 1.29 is 19.0 Å².